The summed E-state index contributed by atoms with van der Waals surface area (Å²) in [6, 6.07) is -0.485. The zero-order valence-corrected chi connectivity index (χ0v) is 16.9. The highest BCUT2D eigenvalue weighted by molar-refractivity contribution is 6.48. The summed E-state index contributed by atoms with van der Waals surface area (Å²) in [5.41, 5.74) is 0. The number of nitrogens with one attached hydrogen (secondary N) is 1. The summed E-state index contributed by atoms with van der Waals surface area (Å²) in [5, 5.41) is 12.5. The molecule has 2 aliphatic heterocycles. The first-order chi connectivity index (χ1) is 13.6. The molecule has 0 unspecified atom stereocenters. The van der Waals surface area contributed by atoms with E-state index in [2.05, 4.69) is 10.2 Å². The number of carbonyl (C=O) groups excluding carboxylic acids is 3. The average molecular weight is 412 g/mol. The Labute approximate surface area is 168 Å². The number of carbonyl (C=O) groups is 3. The second-order valence-electron chi connectivity index (χ2n) is 6.77. The van der Waals surface area contributed by atoms with Crippen LogP contribution in [0.25, 0.3) is 0 Å². The van der Waals surface area contributed by atoms with Crippen LogP contribution in [-0.2, 0) is 33.3 Å². The molecule has 2 N–H and O–H groups in total. The molecule has 0 aromatic rings. The van der Waals surface area contributed by atoms with Gasteiger partial charge >= 0.3 is 25.1 Å². The molecular weight excluding hydrogens is 387 g/mol. The molecule has 0 aromatic carbocycles. The van der Waals surface area contributed by atoms with Gasteiger partial charge in [-0.1, -0.05) is 6.92 Å². The monoisotopic (exact) mass is 412 g/mol. The van der Waals surface area contributed by atoms with Gasteiger partial charge in [-0.3, -0.25) is 9.70 Å². The number of nitrogens with zero attached hydrogens (tertiary/aromatic N) is 1. The maximum absolute atomic E-state index is 12.1. The van der Waals surface area contributed by atoms with Crippen LogP contribution < -0.4 is 5.32 Å². The van der Waals surface area contributed by atoms with E-state index in [1.807, 2.05) is 0 Å². The van der Waals surface area contributed by atoms with Gasteiger partial charge in [-0.25, -0.2) is 9.59 Å². The summed E-state index contributed by atoms with van der Waals surface area (Å²) >= 11 is 0. The van der Waals surface area contributed by atoms with Crippen molar-refractivity contribution in [3.63, 3.8) is 0 Å². The minimum absolute atomic E-state index is 0.0969. The summed E-state index contributed by atoms with van der Waals surface area (Å²) in [4.78, 5) is 39.2. The number of ether oxygens (including phenoxy) is 5. The van der Waals surface area contributed by atoms with Crippen LogP contribution in [0, 0.1) is 5.92 Å². The normalized spacial score (nSPS) is 27.6. The Balaban J connectivity index is 2.35. The first kappa shape index (κ1) is 22.5. The van der Waals surface area contributed by atoms with Crippen molar-refractivity contribution in [3.05, 3.63) is 11.8 Å². The average Bonchev–Trinajstić information content (AvgIpc) is 3.06. The lowest BCUT2D eigenvalue weighted by Crippen LogP contribution is -2.54. The maximum Gasteiger partial charge on any atom is 0.508 e. The molecule has 0 amide bonds. The fourth-order valence-corrected chi connectivity index (χ4v) is 3.18. The molecule has 2 aliphatic rings. The first-order valence-corrected chi connectivity index (χ1v) is 9.08. The van der Waals surface area contributed by atoms with Gasteiger partial charge in [0.1, 0.15) is 12.7 Å². The molecule has 2 rings (SSSR count). The lowest BCUT2D eigenvalue weighted by molar-refractivity contribution is -0.169. The van der Waals surface area contributed by atoms with Gasteiger partial charge in [0.2, 0.25) is 5.76 Å². The third-order valence-corrected chi connectivity index (χ3v) is 4.43. The summed E-state index contributed by atoms with van der Waals surface area (Å²) in [5.74, 6) is -1.37. The van der Waals surface area contributed by atoms with Crippen LogP contribution in [0.5, 0.6) is 0 Å². The summed E-state index contributed by atoms with van der Waals surface area (Å²) in [7, 11) is 0.291. The van der Waals surface area contributed by atoms with E-state index >= 15 is 0 Å². The van der Waals surface area contributed by atoms with Gasteiger partial charge in [-0.05, 0) is 19.8 Å². The SMILES string of the molecule is COC(=O)C1=C[C@H](N/C(C)=N\B(C)O)[C@@H](C)[C@H]([C@H](OC(C)=O)[C@H]2COC(=O)O2)O1. The number of methoxy groups -OCH3 is 1. The predicted octanol–water partition coefficient (Wildman–Crippen LogP) is 0.0322. The number of rotatable bonds is 6. The molecule has 11 nitrogen and oxygen atoms in total. The Morgan fingerprint density at radius 1 is 1.38 bits per heavy atom. The lowest BCUT2D eigenvalue weighted by atomic mass is 9.87. The molecule has 1 fully saturated rings. The lowest BCUT2D eigenvalue weighted by Gasteiger charge is -2.39. The highest BCUT2D eigenvalue weighted by Gasteiger charge is 2.47. The summed E-state index contributed by atoms with van der Waals surface area (Å²) in [6.07, 6.45) is -2.15. The Morgan fingerprint density at radius 2 is 2.07 bits per heavy atom. The van der Waals surface area contributed by atoms with Gasteiger partial charge in [0.05, 0.1) is 19.0 Å². The van der Waals surface area contributed by atoms with Crippen molar-refractivity contribution in [3.8, 4) is 0 Å². The van der Waals surface area contributed by atoms with Gasteiger partial charge in [-0.2, -0.15) is 0 Å². The topological polar surface area (TPSA) is 142 Å². The number of cyclic esters (lactones) is 2. The van der Waals surface area contributed by atoms with Crippen LogP contribution >= 0.6 is 0 Å². The van der Waals surface area contributed by atoms with E-state index < -0.39 is 49.5 Å². The minimum Gasteiger partial charge on any atom is -0.479 e. The molecule has 0 aromatic heterocycles. The van der Waals surface area contributed by atoms with Crippen molar-refractivity contribution in [2.24, 2.45) is 10.8 Å². The van der Waals surface area contributed by atoms with Crippen molar-refractivity contribution in [2.45, 2.75) is 51.9 Å². The van der Waals surface area contributed by atoms with E-state index in [0.717, 1.165) is 0 Å². The fraction of sp³-hybridized carbons (Fsp3) is 0.647. The standard InChI is InChI=1S/C17H25BN2O9/c1-8-11(19-9(2)20-18(4)24)6-12(16(22)25-5)28-14(8)15(27-10(3)21)13-7-26-17(23)29-13/h6,8,11,13-15,24H,7H2,1-5H3,(H,19,20)/t8-,11+,13-,14-,15-/m1/s1. The van der Waals surface area contributed by atoms with Gasteiger partial charge < -0.3 is 34.0 Å². The largest absolute Gasteiger partial charge is 0.508 e. The van der Waals surface area contributed by atoms with Crippen molar-refractivity contribution >= 4 is 31.0 Å². The summed E-state index contributed by atoms with van der Waals surface area (Å²) < 4.78 is 25.8. The van der Waals surface area contributed by atoms with Crippen molar-refractivity contribution in [2.75, 3.05) is 13.7 Å². The van der Waals surface area contributed by atoms with Crippen LogP contribution in [0.4, 0.5) is 4.79 Å². The number of amidine groups is 1. The Morgan fingerprint density at radius 3 is 2.59 bits per heavy atom. The predicted molar refractivity (Wildman–Crippen MR) is 99.8 cm³/mol. The minimum atomic E-state index is -1.03. The molecular formula is C17H25BN2O9. The highest BCUT2D eigenvalue weighted by Crippen LogP contribution is 2.31. The van der Waals surface area contributed by atoms with E-state index in [9.17, 15) is 19.4 Å². The second kappa shape index (κ2) is 9.63. The fourth-order valence-electron chi connectivity index (χ4n) is 3.18. The quantitative estimate of drug-likeness (QED) is 0.202. The van der Waals surface area contributed by atoms with Crippen LogP contribution in [0.15, 0.2) is 16.7 Å². The number of hydrogen-bond donors (Lipinski definition) is 2. The molecule has 29 heavy (non-hydrogen) atoms. The Hall–Kier alpha value is -2.76. The zero-order valence-electron chi connectivity index (χ0n) is 16.9. The molecule has 5 atom stereocenters. The van der Waals surface area contributed by atoms with E-state index in [1.165, 1.54) is 26.9 Å². The third kappa shape index (κ3) is 5.86. The molecule has 0 saturated carbocycles. The van der Waals surface area contributed by atoms with E-state index in [4.69, 9.17) is 23.7 Å². The molecule has 1 saturated heterocycles. The molecule has 2 heterocycles. The van der Waals surface area contributed by atoms with E-state index in [1.54, 1.807) is 13.8 Å². The second-order valence-corrected chi connectivity index (χ2v) is 6.77. The molecule has 0 radical (unpaired) electrons. The highest BCUT2D eigenvalue weighted by atomic mass is 16.8. The van der Waals surface area contributed by atoms with Gasteiger partial charge in [0, 0.05) is 12.8 Å². The maximum atomic E-state index is 12.1. The number of hydrogen-bond acceptors (Lipinski definition) is 10. The zero-order chi connectivity index (χ0) is 21.7. The molecule has 12 heteroatoms. The third-order valence-electron chi connectivity index (χ3n) is 4.43. The van der Waals surface area contributed by atoms with Crippen LogP contribution in [0.2, 0.25) is 6.82 Å². The molecule has 0 spiro atoms. The van der Waals surface area contributed by atoms with Crippen molar-refractivity contribution < 1.29 is 43.1 Å². The number of esters is 2. The van der Waals surface area contributed by atoms with Crippen LogP contribution in [0.1, 0.15) is 20.8 Å². The van der Waals surface area contributed by atoms with Gasteiger partial charge in [0.15, 0.2) is 12.2 Å². The molecule has 0 bridgehead atoms. The van der Waals surface area contributed by atoms with Gasteiger partial charge in [-0.15, -0.1) is 0 Å². The van der Waals surface area contributed by atoms with Crippen LogP contribution in [-0.4, -0.2) is 74.1 Å². The Bertz CT molecular complexity index is 709. The van der Waals surface area contributed by atoms with E-state index in [0.29, 0.717) is 5.84 Å². The Kier molecular flexibility index (Phi) is 7.49. The molecule has 0 aliphatic carbocycles. The van der Waals surface area contributed by atoms with E-state index in [-0.39, 0.29) is 18.3 Å². The van der Waals surface area contributed by atoms with Crippen LogP contribution in [0.3, 0.4) is 0 Å². The first-order valence-electron chi connectivity index (χ1n) is 9.08. The summed E-state index contributed by atoms with van der Waals surface area (Å²) in [6.45, 7) is 6.05. The van der Waals surface area contributed by atoms with Crippen molar-refractivity contribution in [1.29, 1.82) is 0 Å². The smallest absolute Gasteiger partial charge is 0.479 e. The van der Waals surface area contributed by atoms with Crippen molar-refractivity contribution in [1.82, 2.24) is 5.32 Å². The molecule has 160 valence electrons. The van der Waals surface area contributed by atoms with Gasteiger partial charge in [0.25, 0.3) is 0 Å².